The molecule has 0 heterocycles. The molecule has 0 aromatic heterocycles. The molecule has 0 aliphatic heterocycles. The number of aliphatic hydroxyl groups excluding tert-OH is 1. The second-order valence-corrected chi connectivity index (χ2v) is 5.48. The molecular formula is C13H25NO. The molecule has 2 aliphatic rings. The number of rotatable bonds is 3. The Morgan fingerprint density at radius 2 is 1.93 bits per heavy atom. The maximum Gasteiger partial charge on any atom is 0.0693 e. The summed E-state index contributed by atoms with van der Waals surface area (Å²) in [5.74, 6) is 1.70. The third-order valence-corrected chi connectivity index (χ3v) is 4.66. The first kappa shape index (κ1) is 11.4. The van der Waals surface area contributed by atoms with Crippen LogP contribution >= 0.6 is 0 Å². The fraction of sp³-hybridized carbons (Fsp3) is 1.00. The quantitative estimate of drug-likeness (QED) is 0.751. The van der Waals surface area contributed by atoms with Gasteiger partial charge in [0, 0.05) is 12.1 Å². The number of aliphatic hydroxyl groups is 1. The van der Waals surface area contributed by atoms with Gasteiger partial charge in [-0.25, -0.2) is 0 Å². The molecule has 2 nitrogen and oxygen atoms in total. The van der Waals surface area contributed by atoms with Crippen LogP contribution in [0.4, 0.5) is 0 Å². The molecule has 15 heavy (non-hydrogen) atoms. The topological polar surface area (TPSA) is 32.3 Å². The highest BCUT2D eigenvalue weighted by Gasteiger charge is 2.35. The second-order valence-electron chi connectivity index (χ2n) is 5.48. The third-order valence-electron chi connectivity index (χ3n) is 4.66. The molecule has 0 amide bonds. The lowest BCUT2D eigenvalue weighted by Gasteiger charge is -2.26. The SMILES string of the molecule is CCC1CCC(NC2CCCC2O)C1C. The Bertz CT molecular complexity index is 207. The van der Waals surface area contributed by atoms with E-state index in [0.29, 0.717) is 12.1 Å². The zero-order chi connectivity index (χ0) is 10.8. The van der Waals surface area contributed by atoms with Gasteiger partial charge in [0.15, 0.2) is 0 Å². The highest BCUT2D eigenvalue weighted by atomic mass is 16.3. The lowest BCUT2D eigenvalue weighted by molar-refractivity contribution is 0.138. The summed E-state index contributed by atoms with van der Waals surface area (Å²) in [6.45, 7) is 4.67. The Balaban J connectivity index is 1.85. The van der Waals surface area contributed by atoms with Crippen LogP contribution < -0.4 is 5.32 Å². The van der Waals surface area contributed by atoms with Crippen molar-refractivity contribution < 1.29 is 5.11 Å². The van der Waals surface area contributed by atoms with Crippen molar-refractivity contribution in [3.05, 3.63) is 0 Å². The summed E-state index contributed by atoms with van der Waals surface area (Å²) >= 11 is 0. The monoisotopic (exact) mass is 211 g/mol. The molecular weight excluding hydrogens is 186 g/mol. The zero-order valence-corrected chi connectivity index (χ0v) is 10.1. The summed E-state index contributed by atoms with van der Waals surface area (Å²) in [6, 6.07) is 1.04. The van der Waals surface area contributed by atoms with Gasteiger partial charge >= 0.3 is 0 Å². The van der Waals surface area contributed by atoms with Gasteiger partial charge < -0.3 is 10.4 Å². The summed E-state index contributed by atoms with van der Waals surface area (Å²) in [5.41, 5.74) is 0. The van der Waals surface area contributed by atoms with Crippen molar-refractivity contribution in [3.63, 3.8) is 0 Å². The van der Waals surface area contributed by atoms with E-state index in [4.69, 9.17) is 0 Å². The minimum absolute atomic E-state index is 0.0853. The van der Waals surface area contributed by atoms with Crippen molar-refractivity contribution in [2.24, 2.45) is 11.8 Å². The van der Waals surface area contributed by atoms with Crippen molar-refractivity contribution in [2.75, 3.05) is 0 Å². The van der Waals surface area contributed by atoms with Crippen LogP contribution in [0.3, 0.4) is 0 Å². The fourth-order valence-corrected chi connectivity index (χ4v) is 3.47. The molecule has 0 aromatic carbocycles. The van der Waals surface area contributed by atoms with Crippen LogP contribution in [-0.2, 0) is 0 Å². The highest BCUT2D eigenvalue weighted by molar-refractivity contribution is 4.92. The van der Waals surface area contributed by atoms with Gasteiger partial charge in [0.2, 0.25) is 0 Å². The van der Waals surface area contributed by atoms with Crippen LogP contribution in [0.1, 0.15) is 52.4 Å². The largest absolute Gasteiger partial charge is 0.392 e. The lowest BCUT2D eigenvalue weighted by atomic mass is 9.93. The van der Waals surface area contributed by atoms with Crippen molar-refractivity contribution >= 4 is 0 Å². The van der Waals surface area contributed by atoms with Gasteiger partial charge in [0.05, 0.1) is 6.10 Å². The molecule has 2 rings (SSSR count). The molecule has 88 valence electrons. The molecule has 5 atom stereocenters. The third kappa shape index (κ3) is 2.36. The Labute approximate surface area is 93.5 Å². The lowest BCUT2D eigenvalue weighted by Crippen LogP contribution is -2.44. The van der Waals surface area contributed by atoms with Gasteiger partial charge in [-0.1, -0.05) is 20.3 Å². The number of nitrogens with one attached hydrogen (secondary N) is 1. The molecule has 0 bridgehead atoms. The molecule has 0 saturated heterocycles. The molecule has 0 radical (unpaired) electrons. The Morgan fingerprint density at radius 3 is 2.47 bits per heavy atom. The molecule has 2 aliphatic carbocycles. The predicted molar refractivity (Wildman–Crippen MR) is 62.7 cm³/mol. The molecule has 5 unspecified atom stereocenters. The molecule has 2 saturated carbocycles. The average Bonchev–Trinajstić information content (AvgIpc) is 2.77. The van der Waals surface area contributed by atoms with Gasteiger partial charge in [-0.15, -0.1) is 0 Å². The Kier molecular flexibility index (Phi) is 3.68. The van der Waals surface area contributed by atoms with E-state index in [0.717, 1.165) is 18.3 Å². The first-order valence-corrected chi connectivity index (χ1v) is 6.66. The summed E-state index contributed by atoms with van der Waals surface area (Å²) in [4.78, 5) is 0. The Hall–Kier alpha value is -0.0800. The van der Waals surface area contributed by atoms with Gasteiger partial charge in [-0.2, -0.15) is 0 Å². The maximum absolute atomic E-state index is 9.80. The molecule has 2 heteroatoms. The first-order valence-electron chi connectivity index (χ1n) is 6.66. The number of hydrogen-bond donors (Lipinski definition) is 2. The first-order chi connectivity index (χ1) is 7.22. The van der Waals surface area contributed by atoms with E-state index < -0.39 is 0 Å². The van der Waals surface area contributed by atoms with Gasteiger partial charge in [0.1, 0.15) is 0 Å². The van der Waals surface area contributed by atoms with Crippen LogP contribution in [0.2, 0.25) is 0 Å². The zero-order valence-electron chi connectivity index (χ0n) is 10.1. The number of hydrogen-bond acceptors (Lipinski definition) is 2. The molecule has 0 spiro atoms. The Morgan fingerprint density at radius 1 is 1.13 bits per heavy atom. The van der Waals surface area contributed by atoms with Crippen LogP contribution in [0, 0.1) is 11.8 Å². The second kappa shape index (κ2) is 4.84. The van der Waals surface area contributed by atoms with E-state index in [1.165, 1.54) is 32.1 Å². The van der Waals surface area contributed by atoms with E-state index in [1.54, 1.807) is 0 Å². The van der Waals surface area contributed by atoms with Crippen LogP contribution in [0.5, 0.6) is 0 Å². The standard InChI is InChI=1S/C13H25NO/c1-3-10-7-8-11(9(10)2)14-12-5-4-6-13(12)15/h9-15H,3-8H2,1-2H3. The van der Waals surface area contributed by atoms with Gasteiger partial charge in [-0.3, -0.25) is 0 Å². The fourth-order valence-electron chi connectivity index (χ4n) is 3.47. The van der Waals surface area contributed by atoms with Gasteiger partial charge in [0.25, 0.3) is 0 Å². The van der Waals surface area contributed by atoms with E-state index in [9.17, 15) is 5.11 Å². The van der Waals surface area contributed by atoms with E-state index >= 15 is 0 Å². The molecule has 2 N–H and O–H groups in total. The highest BCUT2D eigenvalue weighted by Crippen LogP contribution is 2.35. The minimum atomic E-state index is -0.0853. The minimum Gasteiger partial charge on any atom is -0.392 e. The van der Waals surface area contributed by atoms with Crippen molar-refractivity contribution in [1.82, 2.24) is 5.32 Å². The van der Waals surface area contributed by atoms with Crippen LogP contribution in [-0.4, -0.2) is 23.3 Å². The van der Waals surface area contributed by atoms with Crippen molar-refractivity contribution in [1.29, 1.82) is 0 Å². The summed E-state index contributed by atoms with van der Waals surface area (Å²) in [6.07, 6.45) is 7.26. The predicted octanol–water partition coefficient (Wildman–Crippen LogP) is 2.31. The molecule has 0 aromatic rings. The van der Waals surface area contributed by atoms with E-state index in [1.807, 2.05) is 0 Å². The summed E-state index contributed by atoms with van der Waals surface area (Å²) < 4.78 is 0. The summed E-state index contributed by atoms with van der Waals surface area (Å²) in [7, 11) is 0. The van der Waals surface area contributed by atoms with Crippen molar-refractivity contribution in [3.8, 4) is 0 Å². The smallest absolute Gasteiger partial charge is 0.0693 e. The average molecular weight is 211 g/mol. The van der Waals surface area contributed by atoms with E-state index in [-0.39, 0.29) is 6.10 Å². The van der Waals surface area contributed by atoms with Crippen LogP contribution in [0.15, 0.2) is 0 Å². The molecule has 2 fully saturated rings. The van der Waals surface area contributed by atoms with E-state index in [2.05, 4.69) is 19.2 Å². The normalized spacial score (nSPS) is 46.2. The van der Waals surface area contributed by atoms with Crippen LogP contribution in [0.25, 0.3) is 0 Å². The summed E-state index contributed by atoms with van der Waals surface area (Å²) in [5, 5.41) is 13.5. The van der Waals surface area contributed by atoms with Crippen molar-refractivity contribution in [2.45, 2.75) is 70.6 Å². The maximum atomic E-state index is 9.80. The van der Waals surface area contributed by atoms with Gasteiger partial charge in [-0.05, 0) is 43.9 Å².